The van der Waals surface area contributed by atoms with Crippen molar-refractivity contribution in [3.8, 4) is 0 Å². The van der Waals surface area contributed by atoms with Crippen molar-refractivity contribution in [1.82, 2.24) is 5.32 Å². The molecule has 0 aliphatic heterocycles. The molecule has 1 saturated carbocycles. The zero-order valence-electron chi connectivity index (χ0n) is 11.5. The smallest absolute Gasteiger partial charge is 0.130 e. The minimum absolute atomic E-state index is 0.152. The molecule has 19 heavy (non-hydrogen) atoms. The molecule has 0 bridgehead atoms. The van der Waals surface area contributed by atoms with Crippen LogP contribution in [0, 0.1) is 11.6 Å². The number of rotatable bonds is 4. The van der Waals surface area contributed by atoms with Gasteiger partial charge in [0, 0.05) is 30.8 Å². The Balaban J connectivity index is 2.05. The topological polar surface area (TPSA) is 21.3 Å². The van der Waals surface area contributed by atoms with Crippen molar-refractivity contribution in [3.05, 3.63) is 35.4 Å². The predicted octanol–water partition coefficient (Wildman–Crippen LogP) is 3.57. The standard InChI is InChI=1S/C15H21F2NO/c1-10(12-8-7-11(16)9-13(12)17)18-14-5-3-4-6-15(14)19-2/h7-10,14-15,18H,3-6H2,1-2H3. The first-order valence-electron chi connectivity index (χ1n) is 6.85. The van der Waals surface area contributed by atoms with Gasteiger partial charge in [0.2, 0.25) is 0 Å². The Morgan fingerprint density at radius 2 is 2.00 bits per heavy atom. The molecule has 0 spiro atoms. The van der Waals surface area contributed by atoms with E-state index in [0.717, 1.165) is 25.3 Å². The Hall–Kier alpha value is -1.00. The van der Waals surface area contributed by atoms with Gasteiger partial charge in [-0.1, -0.05) is 18.9 Å². The summed E-state index contributed by atoms with van der Waals surface area (Å²) < 4.78 is 32.1. The lowest BCUT2D eigenvalue weighted by Crippen LogP contribution is -2.44. The van der Waals surface area contributed by atoms with Crippen LogP contribution >= 0.6 is 0 Å². The lowest BCUT2D eigenvalue weighted by Gasteiger charge is -2.33. The molecule has 3 unspecified atom stereocenters. The zero-order chi connectivity index (χ0) is 13.8. The number of methoxy groups -OCH3 is 1. The summed E-state index contributed by atoms with van der Waals surface area (Å²) in [4.78, 5) is 0. The number of nitrogens with one attached hydrogen (secondary N) is 1. The van der Waals surface area contributed by atoms with Crippen LogP contribution in [-0.2, 0) is 4.74 Å². The van der Waals surface area contributed by atoms with Crippen LogP contribution in [0.5, 0.6) is 0 Å². The Kier molecular flexibility index (Phi) is 4.88. The van der Waals surface area contributed by atoms with E-state index < -0.39 is 11.6 Å². The second-order valence-corrected chi connectivity index (χ2v) is 5.22. The van der Waals surface area contributed by atoms with Gasteiger partial charge in [0.05, 0.1) is 6.10 Å². The van der Waals surface area contributed by atoms with Gasteiger partial charge in [-0.15, -0.1) is 0 Å². The molecule has 3 atom stereocenters. The average Bonchev–Trinajstić information content (AvgIpc) is 2.39. The third-order valence-corrected chi connectivity index (χ3v) is 3.90. The van der Waals surface area contributed by atoms with Crippen molar-refractivity contribution in [1.29, 1.82) is 0 Å². The van der Waals surface area contributed by atoms with Crippen molar-refractivity contribution in [2.24, 2.45) is 0 Å². The third-order valence-electron chi connectivity index (χ3n) is 3.90. The molecule has 1 aliphatic carbocycles. The van der Waals surface area contributed by atoms with Gasteiger partial charge in [-0.05, 0) is 25.8 Å². The molecule has 1 N–H and O–H groups in total. The van der Waals surface area contributed by atoms with Crippen LogP contribution in [0.25, 0.3) is 0 Å². The van der Waals surface area contributed by atoms with E-state index in [-0.39, 0.29) is 18.2 Å². The monoisotopic (exact) mass is 269 g/mol. The predicted molar refractivity (Wildman–Crippen MR) is 71.0 cm³/mol. The summed E-state index contributed by atoms with van der Waals surface area (Å²) in [6.07, 6.45) is 4.59. The minimum Gasteiger partial charge on any atom is -0.380 e. The first-order chi connectivity index (χ1) is 9.11. The van der Waals surface area contributed by atoms with Crippen molar-refractivity contribution in [3.63, 3.8) is 0 Å². The Morgan fingerprint density at radius 3 is 2.68 bits per heavy atom. The van der Waals surface area contributed by atoms with E-state index in [1.54, 1.807) is 7.11 Å². The Bertz CT molecular complexity index is 425. The second kappa shape index (κ2) is 6.44. The lowest BCUT2D eigenvalue weighted by atomic mass is 9.91. The lowest BCUT2D eigenvalue weighted by molar-refractivity contribution is 0.0382. The van der Waals surface area contributed by atoms with Gasteiger partial charge in [-0.2, -0.15) is 0 Å². The maximum Gasteiger partial charge on any atom is 0.130 e. The molecule has 1 aliphatic rings. The number of ether oxygens (including phenoxy) is 1. The van der Waals surface area contributed by atoms with Crippen LogP contribution in [0.15, 0.2) is 18.2 Å². The van der Waals surface area contributed by atoms with Crippen LogP contribution in [0.3, 0.4) is 0 Å². The second-order valence-electron chi connectivity index (χ2n) is 5.22. The zero-order valence-corrected chi connectivity index (χ0v) is 11.5. The van der Waals surface area contributed by atoms with Crippen LogP contribution in [0.2, 0.25) is 0 Å². The van der Waals surface area contributed by atoms with Gasteiger partial charge in [0.1, 0.15) is 11.6 Å². The van der Waals surface area contributed by atoms with Gasteiger partial charge in [0.25, 0.3) is 0 Å². The molecule has 1 aromatic rings. The van der Waals surface area contributed by atoms with Gasteiger partial charge < -0.3 is 10.1 Å². The van der Waals surface area contributed by atoms with Crippen molar-refractivity contribution in [2.45, 2.75) is 50.8 Å². The van der Waals surface area contributed by atoms with Gasteiger partial charge in [-0.25, -0.2) is 8.78 Å². The molecule has 0 amide bonds. The molecule has 0 aromatic heterocycles. The van der Waals surface area contributed by atoms with Crippen molar-refractivity contribution >= 4 is 0 Å². The maximum atomic E-state index is 13.7. The van der Waals surface area contributed by atoms with Gasteiger partial charge >= 0.3 is 0 Å². The number of hydrogen-bond acceptors (Lipinski definition) is 2. The van der Waals surface area contributed by atoms with E-state index in [2.05, 4.69) is 5.32 Å². The van der Waals surface area contributed by atoms with Crippen LogP contribution in [0.1, 0.15) is 44.2 Å². The normalized spacial score (nSPS) is 25.3. The number of benzene rings is 1. The Labute approximate surface area is 113 Å². The summed E-state index contributed by atoms with van der Waals surface area (Å²) in [5.41, 5.74) is 0.502. The summed E-state index contributed by atoms with van der Waals surface area (Å²) in [6, 6.07) is 3.82. The summed E-state index contributed by atoms with van der Waals surface area (Å²) in [7, 11) is 1.72. The van der Waals surface area contributed by atoms with Crippen molar-refractivity contribution in [2.75, 3.05) is 7.11 Å². The molecule has 4 heteroatoms. The SMILES string of the molecule is COC1CCCCC1NC(C)c1ccc(F)cc1F. The van der Waals surface area contributed by atoms with Gasteiger partial charge in [0.15, 0.2) is 0 Å². The summed E-state index contributed by atoms with van der Waals surface area (Å²) in [5, 5.41) is 3.41. The molecular formula is C15H21F2NO. The number of hydrogen-bond donors (Lipinski definition) is 1. The van der Waals surface area contributed by atoms with E-state index in [0.29, 0.717) is 5.56 Å². The van der Waals surface area contributed by atoms with E-state index in [1.165, 1.54) is 18.6 Å². The van der Waals surface area contributed by atoms with Gasteiger partial charge in [-0.3, -0.25) is 0 Å². The summed E-state index contributed by atoms with van der Waals surface area (Å²) in [6.45, 7) is 1.90. The fourth-order valence-corrected chi connectivity index (χ4v) is 2.83. The molecule has 2 nitrogen and oxygen atoms in total. The molecule has 106 valence electrons. The molecule has 2 rings (SSSR count). The highest BCUT2D eigenvalue weighted by Crippen LogP contribution is 2.25. The largest absolute Gasteiger partial charge is 0.380 e. The fourth-order valence-electron chi connectivity index (χ4n) is 2.83. The molecule has 1 fully saturated rings. The first kappa shape index (κ1) is 14.4. The Morgan fingerprint density at radius 1 is 1.26 bits per heavy atom. The molecular weight excluding hydrogens is 248 g/mol. The summed E-state index contributed by atoms with van der Waals surface area (Å²) >= 11 is 0. The molecule has 0 saturated heterocycles. The first-order valence-corrected chi connectivity index (χ1v) is 6.85. The highest BCUT2D eigenvalue weighted by Gasteiger charge is 2.26. The average molecular weight is 269 g/mol. The molecule has 1 aromatic carbocycles. The maximum absolute atomic E-state index is 13.7. The highest BCUT2D eigenvalue weighted by atomic mass is 19.1. The quantitative estimate of drug-likeness (QED) is 0.902. The van der Waals surface area contributed by atoms with Crippen molar-refractivity contribution < 1.29 is 13.5 Å². The molecule has 0 heterocycles. The summed E-state index contributed by atoms with van der Waals surface area (Å²) in [5.74, 6) is -1.04. The van der Waals surface area contributed by atoms with Crippen LogP contribution < -0.4 is 5.32 Å². The highest BCUT2D eigenvalue weighted by molar-refractivity contribution is 5.21. The van der Waals surface area contributed by atoms with E-state index >= 15 is 0 Å². The third kappa shape index (κ3) is 3.51. The fraction of sp³-hybridized carbons (Fsp3) is 0.600. The molecule has 0 radical (unpaired) electrons. The van der Waals surface area contributed by atoms with E-state index in [9.17, 15) is 8.78 Å². The van der Waals surface area contributed by atoms with Crippen LogP contribution in [0.4, 0.5) is 8.78 Å². The van der Waals surface area contributed by atoms with E-state index in [1.807, 2.05) is 6.92 Å². The minimum atomic E-state index is -0.541. The van der Waals surface area contributed by atoms with Crippen LogP contribution in [-0.4, -0.2) is 19.3 Å². The van der Waals surface area contributed by atoms with E-state index in [4.69, 9.17) is 4.74 Å². The number of halogens is 2.